The van der Waals surface area contributed by atoms with E-state index in [9.17, 15) is 8.42 Å². The van der Waals surface area contributed by atoms with E-state index >= 15 is 0 Å². The number of rotatable bonds is 4. The van der Waals surface area contributed by atoms with Crippen LogP contribution in [0.2, 0.25) is 0 Å². The molecule has 2 rings (SSSR count). The van der Waals surface area contributed by atoms with E-state index in [-0.39, 0.29) is 12.1 Å². The summed E-state index contributed by atoms with van der Waals surface area (Å²) in [5.74, 6) is 0. The van der Waals surface area contributed by atoms with Crippen LogP contribution in [0.3, 0.4) is 0 Å². The summed E-state index contributed by atoms with van der Waals surface area (Å²) in [6.45, 7) is 1.44. The molecular weight excluding hydrogens is 276 g/mol. The van der Waals surface area contributed by atoms with Gasteiger partial charge in [-0.3, -0.25) is 0 Å². The highest BCUT2D eigenvalue weighted by Gasteiger charge is 2.27. The predicted octanol–water partition coefficient (Wildman–Crippen LogP) is 1.03. The highest BCUT2D eigenvalue weighted by atomic mass is 32.2. The normalized spacial score (nSPS) is 23.9. The lowest BCUT2D eigenvalue weighted by Gasteiger charge is -2.40. The molecule has 5 nitrogen and oxygen atoms in total. The van der Waals surface area contributed by atoms with Crippen molar-refractivity contribution in [1.29, 1.82) is 0 Å². The first-order valence-corrected chi connectivity index (χ1v) is 8.64. The molecule has 0 aliphatic carbocycles. The van der Waals surface area contributed by atoms with Gasteiger partial charge in [-0.05, 0) is 37.1 Å². The van der Waals surface area contributed by atoms with Crippen LogP contribution in [0.5, 0.6) is 0 Å². The number of methoxy groups -OCH3 is 1. The van der Waals surface area contributed by atoms with Crippen molar-refractivity contribution in [2.75, 3.05) is 31.4 Å². The number of nitrogens with two attached hydrogens (primary N) is 1. The number of hydrogen-bond donors (Lipinski definition) is 1. The number of piperidine rings is 1. The molecule has 1 aromatic rings. The maximum atomic E-state index is 11.5. The molecule has 1 saturated heterocycles. The summed E-state index contributed by atoms with van der Waals surface area (Å²) < 4.78 is 28.4. The molecule has 1 aliphatic rings. The lowest BCUT2D eigenvalue weighted by atomic mass is 9.98. The lowest BCUT2D eigenvalue weighted by Crippen LogP contribution is -2.48. The Hall–Kier alpha value is -1.11. The first-order valence-electron chi connectivity index (χ1n) is 6.75. The van der Waals surface area contributed by atoms with Gasteiger partial charge in [-0.15, -0.1) is 0 Å². The summed E-state index contributed by atoms with van der Waals surface area (Å²) in [7, 11) is -1.41. The van der Waals surface area contributed by atoms with Gasteiger partial charge in [0.25, 0.3) is 0 Å². The number of benzene rings is 1. The molecule has 6 heteroatoms. The van der Waals surface area contributed by atoms with Crippen LogP contribution < -0.4 is 10.6 Å². The van der Waals surface area contributed by atoms with Gasteiger partial charge in [-0.2, -0.15) is 0 Å². The lowest BCUT2D eigenvalue weighted by molar-refractivity contribution is 0.0709. The van der Waals surface area contributed by atoms with Crippen molar-refractivity contribution in [3.05, 3.63) is 24.3 Å². The van der Waals surface area contributed by atoms with E-state index < -0.39 is 9.84 Å². The molecule has 1 aromatic carbocycles. The zero-order chi connectivity index (χ0) is 14.8. The van der Waals surface area contributed by atoms with Crippen molar-refractivity contribution in [3.8, 4) is 0 Å². The number of anilines is 1. The fraction of sp³-hybridized carbons (Fsp3) is 0.571. The maximum Gasteiger partial charge on any atom is 0.175 e. The van der Waals surface area contributed by atoms with Crippen molar-refractivity contribution < 1.29 is 13.2 Å². The van der Waals surface area contributed by atoms with Gasteiger partial charge in [-0.1, -0.05) is 0 Å². The summed E-state index contributed by atoms with van der Waals surface area (Å²) in [5.41, 5.74) is 6.87. The predicted molar refractivity (Wildman–Crippen MR) is 79.8 cm³/mol. The Labute approximate surface area is 120 Å². The summed E-state index contributed by atoms with van der Waals surface area (Å²) in [5, 5.41) is 0. The molecule has 2 atom stereocenters. The topological polar surface area (TPSA) is 72.6 Å². The Bertz CT molecular complexity index is 542. The van der Waals surface area contributed by atoms with Gasteiger partial charge in [-0.25, -0.2) is 8.42 Å². The van der Waals surface area contributed by atoms with Crippen molar-refractivity contribution in [2.24, 2.45) is 5.73 Å². The minimum Gasteiger partial charge on any atom is -0.381 e. The summed E-state index contributed by atoms with van der Waals surface area (Å²) >= 11 is 0. The van der Waals surface area contributed by atoms with Crippen LogP contribution in [0, 0.1) is 0 Å². The Morgan fingerprint density at radius 1 is 1.35 bits per heavy atom. The molecule has 20 heavy (non-hydrogen) atoms. The van der Waals surface area contributed by atoms with Gasteiger partial charge in [0.15, 0.2) is 9.84 Å². The van der Waals surface area contributed by atoms with E-state index in [1.807, 2.05) is 12.1 Å². The summed E-state index contributed by atoms with van der Waals surface area (Å²) in [6, 6.07) is 7.25. The van der Waals surface area contributed by atoms with Crippen LogP contribution in [0.4, 0.5) is 5.69 Å². The van der Waals surface area contributed by atoms with Gasteiger partial charge in [0.1, 0.15) is 0 Å². The van der Waals surface area contributed by atoms with Crippen molar-refractivity contribution >= 4 is 15.5 Å². The highest BCUT2D eigenvalue weighted by molar-refractivity contribution is 7.90. The van der Waals surface area contributed by atoms with Gasteiger partial charge in [0, 0.05) is 38.2 Å². The summed E-state index contributed by atoms with van der Waals surface area (Å²) in [4.78, 5) is 2.58. The van der Waals surface area contributed by atoms with E-state index in [4.69, 9.17) is 10.5 Å². The van der Waals surface area contributed by atoms with Crippen LogP contribution in [-0.4, -0.2) is 47.0 Å². The zero-order valence-corrected chi connectivity index (χ0v) is 12.8. The van der Waals surface area contributed by atoms with Gasteiger partial charge in [0.05, 0.1) is 11.0 Å². The Balaban J connectivity index is 2.18. The van der Waals surface area contributed by atoms with Gasteiger partial charge in [0.2, 0.25) is 0 Å². The van der Waals surface area contributed by atoms with E-state index in [2.05, 4.69) is 4.90 Å². The first kappa shape index (κ1) is 15.3. The fourth-order valence-corrected chi connectivity index (χ4v) is 3.31. The van der Waals surface area contributed by atoms with Crippen molar-refractivity contribution in [2.45, 2.75) is 29.9 Å². The molecule has 0 radical (unpaired) electrons. The molecule has 0 spiro atoms. The average molecular weight is 298 g/mol. The third kappa shape index (κ3) is 3.31. The zero-order valence-electron chi connectivity index (χ0n) is 12.0. The number of hydrogen-bond acceptors (Lipinski definition) is 5. The Morgan fingerprint density at radius 3 is 2.50 bits per heavy atom. The second-order valence-corrected chi connectivity index (χ2v) is 7.25. The van der Waals surface area contributed by atoms with E-state index in [1.54, 1.807) is 19.2 Å². The molecule has 2 unspecified atom stereocenters. The Kier molecular flexibility index (Phi) is 4.67. The van der Waals surface area contributed by atoms with E-state index in [0.29, 0.717) is 11.4 Å². The third-order valence-electron chi connectivity index (χ3n) is 3.87. The molecular formula is C14H22N2O3S. The van der Waals surface area contributed by atoms with Crippen LogP contribution in [0.15, 0.2) is 29.2 Å². The first-order chi connectivity index (χ1) is 9.45. The third-order valence-corrected chi connectivity index (χ3v) is 5.00. The fourth-order valence-electron chi connectivity index (χ4n) is 2.68. The highest BCUT2D eigenvalue weighted by Crippen LogP contribution is 2.26. The number of ether oxygens (including phenoxy) is 1. The molecule has 0 amide bonds. The summed E-state index contributed by atoms with van der Waals surface area (Å²) in [6.07, 6.45) is 3.34. The van der Waals surface area contributed by atoms with Crippen LogP contribution in [-0.2, 0) is 14.6 Å². The molecule has 0 bridgehead atoms. The smallest absolute Gasteiger partial charge is 0.175 e. The quantitative estimate of drug-likeness (QED) is 0.899. The van der Waals surface area contributed by atoms with E-state index in [0.717, 1.165) is 25.1 Å². The molecule has 1 heterocycles. The van der Waals surface area contributed by atoms with E-state index in [1.165, 1.54) is 6.26 Å². The Morgan fingerprint density at radius 2 is 2.00 bits per heavy atom. The second kappa shape index (κ2) is 6.11. The number of nitrogens with zero attached hydrogens (tertiary/aromatic N) is 1. The molecule has 1 fully saturated rings. The largest absolute Gasteiger partial charge is 0.381 e. The van der Waals surface area contributed by atoms with Crippen LogP contribution >= 0.6 is 0 Å². The molecule has 2 N–H and O–H groups in total. The minimum atomic E-state index is -3.15. The van der Waals surface area contributed by atoms with Crippen molar-refractivity contribution in [1.82, 2.24) is 0 Å². The second-order valence-electron chi connectivity index (χ2n) is 5.23. The van der Waals surface area contributed by atoms with Gasteiger partial charge >= 0.3 is 0 Å². The van der Waals surface area contributed by atoms with Gasteiger partial charge < -0.3 is 15.4 Å². The van der Waals surface area contributed by atoms with Crippen LogP contribution in [0.25, 0.3) is 0 Å². The standard InChI is InChI=1S/C14H22N2O3S/c1-19-13-7-8-16(12(9-13)10-15)11-3-5-14(6-4-11)20(2,17)18/h3-6,12-13H,7-10,15H2,1-2H3. The molecule has 0 saturated carbocycles. The maximum absolute atomic E-state index is 11.5. The minimum absolute atomic E-state index is 0.234. The SMILES string of the molecule is COC1CCN(c2ccc(S(C)(=O)=O)cc2)C(CN)C1. The molecule has 1 aliphatic heterocycles. The average Bonchev–Trinajstić information content (AvgIpc) is 2.45. The van der Waals surface area contributed by atoms with Crippen molar-refractivity contribution in [3.63, 3.8) is 0 Å². The van der Waals surface area contributed by atoms with Crippen LogP contribution in [0.1, 0.15) is 12.8 Å². The molecule has 112 valence electrons. The number of sulfone groups is 1. The molecule has 0 aromatic heterocycles. The monoisotopic (exact) mass is 298 g/mol.